The van der Waals surface area contributed by atoms with Gasteiger partial charge in [-0.15, -0.1) is 0 Å². The number of hydrogen-bond acceptors (Lipinski definition) is 3. The van der Waals surface area contributed by atoms with Gasteiger partial charge in [0.1, 0.15) is 0 Å². The maximum absolute atomic E-state index is 12.2. The SMILES string of the molecule is O=C(O)CC1CN(C(=O)/C=C/c2cc(Cl)ccc2Cl)CCO1. The molecule has 1 aromatic carbocycles. The Hall–Kier alpha value is -1.56. The molecule has 7 heteroatoms. The number of ether oxygens (including phenoxy) is 1. The molecule has 1 amide bonds. The zero-order valence-electron chi connectivity index (χ0n) is 11.7. The van der Waals surface area contributed by atoms with Crippen molar-refractivity contribution in [2.24, 2.45) is 0 Å². The molecule has 0 aromatic heterocycles. The van der Waals surface area contributed by atoms with Gasteiger partial charge in [0.05, 0.1) is 19.1 Å². The van der Waals surface area contributed by atoms with E-state index >= 15 is 0 Å². The minimum atomic E-state index is -0.944. The largest absolute Gasteiger partial charge is 0.481 e. The fourth-order valence-electron chi connectivity index (χ4n) is 2.15. The monoisotopic (exact) mass is 343 g/mol. The normalized spacial score (nSPS) is 18.6. The quantitative estimate of drug-likeness (QED) is 0.853. The first-order valence-electron chi connectivity index (χ1n) is 6.71. The number of nitrogens with zero attached hydrogens (tertiary/aromatic N) is 1. The summed E-state index contributed by atoms with van der Waals surface area (Å²) >= 11 is 11.9. The summed E-state index contributed by atoms with van der Waals surface area (Å²) in [6, 6.07) is 4.99. The van der Waals surface area contributed by atoms with Crippen molar-refractivity contribution in [1.29, 1.82) is 0 Å². The molecule has 118 valence electrons. The van der Waals surface area contributed by atoms with Crippen molar-refractivity contribution in [2.75, 3.05) is 19.7 Å². The Balaban J connectivity index is 2.00. The molecule has 22 heavy (non-hydrogen) atoms. The Morgan fingerprint density at radius 3 is 2.91 bits per heavy atom. The third kappa shape index (κ3) is 4.73. The van der Waals surface area contributed by atoms with Crippen LogP contribution in [0.25, 0.3) is 6.08 Å². The number of aliphatic carboxylic acids is 1. The molecular formula is C15H15Cl2NO4. The molecule has 1 N–H and O–H groups in total. The second kappa shape index (κ2) is 7.63. The zero-order chi connectivity index (χ0) is 16.1. The lowest BCUT2D eigenvalue weighted by molar-refractivity contribution is -0.145. The van der Waals surface area contributed by atoms with Gasteiger partial charge in [0.25, 0.3) is 0 Å². The molecule has 1 aromatic rings. The van der Waals surface area contributed by atoms with Crippen molar-refractivity contribution in [3.8, 4) is 0 Å². The second-order valence-electron chi connectivity index (χ2n) is 4.87. The van der Waals surface area contributed by atoms with Crippen LogP contribution < -0.4 is 0 Å². The number of carboxylic acids is 1. The van der Waals surface area contributed by atoms with E-state index in [9.17, 15) is 9.59 Å². The Kier molecular flexibility index (Phi) is 5.83. The number of hydrogen-bond donors (Lipinski definition) is 1. The van der Waals surface area contributed by atoms with Gasteiger partial charge in [-0.25, -0.2) is 0 Å². The number of carbonyl (C=O) groups is 2. The highest BCUT2D eigenvalue weighted by molar-refractivity contribution is 6.34. The van der Waals surface area contributed by atoms with E-state index in [4.69, 9.17) is 33.0 Å². The number of rotatable bonds is 4. The average molecular weight is 344 g/mol. The summed E-state index contributed by atoms with van der Waals surface area (Å²) in [4.78, 5) is 24.4. The Morgan fingerprint density at radius 1 is 1.41 bits per heavy atom. The first kappa shape index (κ1) is 16.8. The van der Waals surface area contributed by atoms with E-state index in [1.807, 2.05) is 0 Å². The molecule has 1 fully saturated rings. The van der Waals surface area contributed by atoms with Gasteiger partial charge in [0.2, 0.25) is 5.91 Å². The molecule has 0 bridgehead atoms. The minimum absolute atomic E-state index is 0.117. The fourth-order valence-corrected chi connectivity index (χ4v) is 2.51. The molecule has 0 spiro atoms. The molecule has 2 rings (SSSR count). The molecule has 1 atom stereocenters. The van der Waals surface area contributed by atoms with Crippen LogP contribution in [0, 0.1) is 0 Å². The molecule has 0 saturated carbocycles. The van der Waals surface area contributed by atoms with Crippen molar-refractivity contribution in [3.05, 3.63) is 39.9 Å². The smallest absolute Gasteiger partial charge is 0.306 e. The molecule has 1 unspecified atom stereocenters. The molecule has 1 aliphatic heterocycles. The summed E-state index contributed by atoms with van der Waals surface area (Å²) in [6.45, 7) is 1.02. The number of morpholine rings is 1. The predicted molar refractivity (Wildman–Crippen MR) is 84.1 cm³/mol. The standard InChI is InChI=1S/C15H15Cl2NO4/c16-11-2-3-13(17)10(7-11)1-4-14(19)18-5-6-22-12(9-18)8-15(20)21/h1-4,7,12H,5-6,8-9H2,(H,20,21)/b4-1+. The summed E-state index contributed by atoms with van der Waals surface area (Å²) in [5.74, 6) is -1.16. The summed E-state index contributed by atoms with van der Waals surface area (Å²) < 4.78 is 5.33. The number of halogens is 2. The lowest BCUT2D eigenvalue weighted by Gasteiger charge is -2.31. The minimum Gasteiger partial charge on any atom is -0.481 e. The lowest BCUT2D eigenvalue weighted by Crippen LogP contribution is -2.45. The van der Waals surface area contributed by atoms with Gasteiger partial charge >= 0.3 is 5.97 Å². The van der Waals surface area contributed by atoms with E-state index in [1.165, 1.54) is 6.08 Å². The highest BCUT2D eigenvalue weighted by Crippen LogP contribution is 2.22. The van der Waals surface area contributed by atoms with Crippen molar-refractivity contribution < 1.29 is 19.4 Å². The van der Waals surface area contributed by atoms with Gasteiger partial charge < -0.3 is 14.7 Å². The first-order valence-corrected chi connectivity index (χ1v) is 7.46. The van der Waals surface area contributed by atoms with Crippen LogP contribution in [-0.4, -0.2) is 47.7 Å². The maximum atomic E-state index is 12.2. The average Bonchev–Trinajstić information content (AvgIpc) is 2.47. The fraction of sp³-hybridized carbons (Fsp3) is 0.333. The van der Waals surface area contributed by atoms with Crippen molar-refractivity contribution in [2.45, 2.75) is 12.5 Å². The molecule has 1 saturated heterocycles. The van der Waals surface area contributed by atoms with E-state index in [-0.39, 0.29) is 18.9 Å². The van der Waals surface area contributed by atoms with Gasteiger partial charge in [-0.1, -0.05) is 23.2 Å². The molecule has 0 radical (unpaired) electrons. The second-order valence-corrected chi connectivity index (χ2v) is 5.72. The van der Waals surface area contributed by atoms with Gasteiger partial charge in [0.15, 0.2) is 0 Å². The highest BCUT2D eigenvalue weighted by atomic mass is 35.5. The van der Waals surface area contributed by atoms with E-state index in [0.29, 0.717) is 28.8 Å². The molecule has 1 aliphatic rings. The molecule has 5 nitrogen and oxygen atoms in total. The summed E-state index contributed by atoms with van der Waals surface area (Å²) in [5.41, 5.74) is 0.651. The topological polar surface area (TPSA) is 66.8 Å². The van der Waals surface area contributed by atoms with Crippen molar-refractivity contribution >= 4 is 41.2 Å². The number of benzene rings is 1. The summed E-state index contributed by atoms with van der Waals surface area (Å²) in [6.07, 6.45) is 2.41. The molecule has 1 heterocycles. The highest BCUT2D eigenvalue weighted by Gasteiger charge is 2.24. The number of carboxylic acid groups (broad SMARTS) is 1. The van der Waals surface area contributed by atoms with Crippen LogP contribution in [-0.2, 0) is 14.3 Å². The number of amides is 1. The van der Waals surface area contributed by atoms with Crippen LogP contribution in [0.1, 0.15) is 12.0 Å². The van der Waals surface area contributed by atoms with Crippen LogP contribution in [0.3, 0.4) is 0 Å². The lowest BCUT2D eigenvalue weighted by atomic mass is 10.2. The van der Waals surface area contributed by atoms with Crippen LogP contribution in [0.2, 0.25) is 10.0 Å². The van der Waals surface area contributed by atoms with E-state index in [2.05, 4.69) is 0 Å². The van der Waals surface area contributed by atoms with Gasteiger partial charge in [0, 0.05) is 29.2 Å². The summed E-state index contributed by atoms with van der Waals surface area (Å²) in [5, 5.41) is 9.81. The van der Waals surface area contributed by atoms with E-state index in [1.54, 1.807) is 29.2 Å². The third-order valence-electron chi connectivity index (χ3n) is 3.22. The van der Waals surface area contributed by atoms with Crippen molar-refractivity contribution in [1.82, 2.24) is 4.90 Å². The predicted octanol–water partition coefficient (Wildman–Crippen LogP) is 2.71. The van der Waals surface area contributed by atoms with Gasteiger partial charge in [-0.3, -0.25) is 9.59 Å². The van der Waals surface area contributed by atoms with Gasteiger partial charge in [-0.05, 0) is 29.8 Å². The van der Waals surface area contributed by atoms with Crippen molar-refractivity contribution in [3.63, 3.8) is 0 Å². The van der Waals surface area contributed by atoms with Crippen LogP contribution in [0.5, 0.6) is 0 Å². The molecule has 0 aliphatic carbocycles. The zero-order valence-corrected chi connectivity index (χ0v) is 13.2. The third-order valence-corrected chi connectivity index (χ3v) is 3.80. The first-order chi connectivity index (χ1) is 10.5. The Labute approximate surface area is 138 Å². The maximum Gasteiger partial charge on any atom is 0.306 e. The number of carbonyl (C=O) groups excluding carboxylic acids is 1. The van der Waals surface area contributed by atoms with Crippen LogP contribution >= 0.6 is 23.2 Å². The van der Waals surface area contributed by atoms with Crippen LogP contribution in [0.15, 0.2) is 24.3 Å². The van der Waals surface area contributed by atoms with E-state index < -0.39 is 12.1 Å². The summed E-state index contributed by atoms with van der Waals surface area (Å²) in [7, 11) is 0. The Morgan fingerprint density at radius 2 is 2.18 bits per heavy atom. The van der Waals surface area contributed by atoms with Gasteiger partial charge in [-0.2, -0.15) is 0 Å². The van der Waals surface area contributed by atoms with E-state index in [0.717, 1.165) is 0 Å². The van der Waals surface area contributed by atoms with Crippen LogP contribution in [0.4, 0.5) is 0 Å². The Bertz CT molecular complexity index is 603. The molecular weight excluding hydrogens is 329 g/mol.